The zero-order chi connectivity index (χ0) is 11.3. The molecule has 1 aromatic carbocycles. The SMILES string of the molecule is CS/C(=N\c1cc(C)cc(Cl)c1)NC#N. The highest BCUT2D eigenvalue weighted by Crippen LogP contribution is 2.21. The van der Waals surface area contributed by atoms with Crippen LogP contribution in [0, 0.1) is 18.4 Å². The van der Waals surface area contributed by atoms with Crippen molar-refractivity contribution in [1.82, 2.24) is 5.32 Å². The van der Waals surface area contributed by atoms with E-state index in [-0.39, 0.29) is 0 Å². The van der Waals surface area contributed by atoms with Gasteiger partial charge in [-0.1, -0.05) is 23.4 Å². The van der Waals surface area contributed by atoms with Gasteiger partial charge in [-0.15, -0.1) is 0 Å². The number of aliphatic imine (C=N–C) groups is 1. The van der Waals surface area contributed by atoms with Gasteiger partial charge in [-0.25, -0.2) is 4.99 Å². The van der Waals surface area contributed by atoms with Gasteiger partial charge >= 0.3 is 0 Å². The van der Waals surface area contributed by atoms with Crippen LogP contribution in [0.2, 0.25) is 5.02 Å². The molecule has 0 fully saturated rings. The molecule has 0 bridgehead atoms. The molecule has 0 aliphatic rings. The third kappa shape index (κ3) is 3.82. The molecule has 1 aromatic rings. The number of rotatable bonds is 1. The molecular weight excluding hydrogens is 230 g/mol. The van der Waals surface area contributed by atoms with Crippen LogP contribution in [0.3, 0.4) is 0 Å². The van der Waals surface area contributed by atoms with E-state index in [4.69, 9.17) is 16.9 Å². The van der Waals surface area contributed by atoms with Crippen LogP contribution in [-0.4, -0.2) is 11.4 Å². The lowest BCUT2D eigenvalue weighted by Crippen LogP contribution is -2.12. The van der Waals surface area contributed by atoms with E-state index in [1.807, 2.05) is 31.5 Å². The Morgan fingerprint density at radius 1 is 1.53 bits per heavy atom. The van der Waals surface area contributed by atoms with Gasteiger partial charge in [0.15, 0.2) is 11.4 Å². The number of nitrogens with zero attached hydrogens (tertiary/aromatic N) is 2. The van der Waals surface area contributed by atoms with Gasteiger partial charge < -0.3 is 0 Å². The molecule has 0 saturated heterocycles. The molecule has 0 atom stereocenters. The molecule has 0 amide bonds. The van der Waals surface area contributed by atoms with E-state index in [9.17, 15) is 0 Å². The van der Waals surface area contributed by atoms with Crippen molar-refractivity contribution in [2.75, 3.05) is 6.26 Å². The van der Waals surface area contributed by atoms with Gasteiger partial charge in [0, 0.05) is 5.02 Å². The van der Waals surface area contributed by atoms with Crippen molar-refractivity contribution in [1.29, 1.82) is 5.26 Å². The van der Waals surface area contributed by atoms with Crippen LogP contribution in [0.4, 0.5) is 5.69 Å². The van der Waals surface area contributed by atoms with Gasteiger partial charge in [0.1, 0.15) is 0 Å². The zero-order valence-corrected chi connectivity index (χ0v) is 9.99. The Morgan fingerprint density at radius 2 is 2.27 bits per heavy atom. The topological polar surface area (TPSA) is 48.2 Å². The molecule has 0 aromatic heterocycles. The minimum absolute atomic E-state index is 0.555. The Balaban J connectivity index is 3.01. The molecule has 0 unspecified atom stereocenters. The van der Waals surface area contributed by atoms with Crippen molar-refractivity contribution in [2.45, 2.75) is 6.92 Å². The van der Waals surface area contributed by atoms with Crippen LogP contribution in [0.25, 0.3) is 0 Å². The standard InChI is InChI=1S/C10H10ClN3S/c1-7-3-8(11)5-9(4-7)14-10(15-2)13-6-12/h3-5H,1-2H3,(H,13,14). The first kappa shape index (κ1) is 11.9. The van der Waals surface area contributed by atoms with Crippen LogP contribution in [-0.2, 0) is 0 Å². The summed E-state index contributed by atoms with van der Waals surface area (Å²) in [5, 5.41) is 12.2. The van der Waals surface area contributed by atoms with Crippen LogP contribution in [0.15, 0.2) is 23.2 Å². The Bertz CT molecular complexity index is 403. The Morgan fingerprint density at radius 3 is 2.80 bits per heavy atom. The van der Waals surface area contributed by atoms with E-state index < -0.39 is 0 Å². The van der Waals surface area contributed by atoms with Gasteiger partial charge in [-0.3, -0.25) is 5.32 Å². The normalized spacial score (nSPS) is 10.9. The van der Waals surface area contributed by atoms with Gasteiger partial charge in [-0.2, -0.15) is 5.26 Å². The van der Waals surface area contributed by atoms with Gasteiger partial charge in [0.05, 0.1) is 5.69 Å². The van der Waals surface area contributed by atoms with Gasteiger partial charge in [0.25, 0.3) is 0 Å². The lowest BCUT2D eigenvalue weighted by Gasteiger charge is -2.01. The fourth-order valence-corrected chi connectivity index (χ4v) is 1.70. The van der Waals surface area contributed by atoms with E-state index >= 15 is 0 Å². The summed E-state index contributed by atoms with van der Waals surface area (Å²) in [7, 11) is 0. The monoisotopic (exact) mass is 239 g/mol. The van der Waals surface area contributed by atoms with Crippen LogP contribution in [0.5, 0.6) is 0 Å². The number of aryl methyl sites for hydroxylation is 1. The van der Waals surface area contributed by atoms with Crippen LogP contribution in [0.1, 0.15) is 5.56 Å². The van der Waals surface area contributed by atoms with Crippen molar-refractivity contribution < 1.29 is 0 Å². The second-order valence-corrected chi connectivity index (χ2v) is 4.08. The lowest BCUT2D eigenvalue weighted by molar-refractivity contribution is 1.28. The third-order valence-electron chi connectivity index (χ3n) is 1.61. The highest BCUT2D eigenvalue weighted by Gasteiger charge is 1.98. The van der Waals surface area contributed by atoms with Crippen molar-refractivity contribution in [2.24, 2.45) is 4.99 Å². The van der Waals surface area contributed by atoms with Crippen LogP contribution < -0.4 is 5.32 Å². The molecule has 5 heteroatoms. The zero-order valence-electron chi connectivity index (χ0n) is 8.41. The molecule has 0 saturated carbocycles. The fourth-order valence-electron chi connectivity index (χ4n) is 1.07. The molecule has 0 aliphatic carbocycles. The van der Waals surface area contributed by atoms with E-state index in [0.29, 0.717) is 10.2 Å². The predicted octanol–water partition coefficient (Wildman–Crippen LogP) is 3.07. The number of hydrogen-bond acceptors (Lipinski definition) is 3. The Hall–Kier alpha value is -1.18. The maximum atomic E-state index is 8.47. The maximum Gasteiger partial charge on any atom is 0.183 e. The summed E-state index contributed by atoms with van der Waals surface area (Å²) in [6, 6.07) is 5.52. The number of halogens is 1. The number of hydrogen-bond donors (Lipinski definition) is 1. The summed E-state index contributed by atoms with van der Waals surface area (Å²) < 4.78 is 0. The molecule has 0 aliphatic heterocycles. The van der Waals surface area contributed by atoms with Crippen LogP contribution >= 0.6 is 23.4 Å². The van der Waals surface area contributed by atoms with E-state index in [2.05, 4.69) is 10.3 Å². The molecule has 1 rings (SSSR count). The predicted molar refractivity (Wildman–Crippen MR) is 65.5 cm³/mol. The molecule has 78 valence electrons. The van der Waals surface area contributed by atoms with Crippen molar-refractivity contribution in [3.8, 4) is 6.19 Å². The number of benzene rings is 1. The van der Waals surface area contributed by atoms with Gasteiger partial charge in [0.2, 0.25) is 0 Å². The maximum absolute atomic E-state index is 8.47. The number of nitrogens with one attached hydrogen (secondary N) is 1. The van der Waals surface area contributed by atoms with E-state index in [1.54, 1.807) is 6.07 Å². The van der Waals surface area contributed by atoms with Crippen molar-refractivity contribution >= 4 is 34.2 Å². The van der Waals surface area contributed by atoms with Crippen molar-refractivity contribution in [3.63, 3.8) is 0 Å². The largest absolute Gasteiger partial charge is 0.271 e. The molecule has 0 spiro atoms. The van der Waals surface area contributed by atoms with E-state index in [0.717, 1.165) is 11.3 Å². The number of amidine groups is 1. The summed E-state index contributed by atoms with van der Waals surface area (Å²) in [5.74, 6) is 0. The van der Waals surface area contributed by atoms with Crippen molar-refractivity contribution in [3.05, 3.63) is 28.8 Å². The summed E-state index contributed by atoms with van der Waals surface area (Å²) in [5.41, 5.74) is 1.78. The molecule has 0 radical (unpaired) electrons. The highest BCUT2D eigenvalue weighted by atomic mass is 35.5. The molecule has 0 heterocycles. The average Bonchev–Trinajstić information content (AvgIpc) is 2.15. The average molecular weight is 240 g/mol. The summed E-state index contributed by atoms with van der Waals surface area (Å²) in [6.45, 7) is 1.95. The Labute approximate surface area is 98.2 Å². The summed E-state index contributed by atoms with van der Waals surface area (Å²) in [6.07, 6.45) is 3.68. The summed E-state index contributed by atoms with van der Waals surface area (Å²) >= 11 is 7.27. The first-order valence-electron chi connectivity index (χ1n) is 4.20. The quantitative estimate of drug-likeness (QED) is 0.355. The molecular formula is C10H10ClN3S. The third-order valence-corrected chi connectivity index (χ3v) is 2.41. The van der Waals surface area contributed by atoms with Gasteiger partial charge in [-0.05, 0) is 36.9 Å². The second kappa shape index (κ2) is 5.64. The molecule has 3 nitrogen and oxygen atoms in total. The second-order valence-electron chi connectivity index (χ2n) is 2.84. The first-order chi connectivity index (χ1) is 7.15. The molecule has 15 heavy (non-hydrogen) atoms. The number of thioether (sulfide) groups is 1. The smallest absolute Gasteiger partial charge is 0.183 e. The van der Waals surface area contributed by atoms with E-state index in [1.165, 1.54) is 11.8 Å². The fraction of sp³-hybridized carbons (Fsp3) is 0.200. The minimum atomic E-state index is 0.555. The lowest BCUT2D eigenvalue weighted by atomic mass is 10.2. The number of nitriles is 1. The first-order valence-corrected chi connectivity index (χ1v) is 5.81. The summed E-state index contributed by atoms with van der Waals surface area (Å²) in [4.78, 5) is 4.25. The minimum Gasteiger partial charge on any atom is -0.271 e. The highest BCUT2D eigenvalue weighted by molar-refractivity contribution is 8.13. The molecule has 1 N–H and O–H groups in total. The Kier molecular flexibility index (Phi) is 4.47.